The maximum absolute atomic E-state index is 12.8. The molecule has 27 heavy (non-hydrogen) atoms. The topological polar surface area (TPSA) is 93.0 Å². The Bertz CT molecular complexity index is 714. The summed E-state index contributed by atoms with van der Waals surface area (Å²) in [6, 6.07) is 5.99. The molecule has 2 amide bonds. The van der Waals surface area contributed by atoms with Crippen molar-refractivity contribution < 1.29 is 19.2 Å². The van der Waals surface area contributed by atoms with E-state index in [4.69, 9.17) is 4.74 Å². The summed E-state index contributed by atoms with van der Waals surface area (Å²) in [5.74, 6) is -0.241. The molecule has 0 N–H and O–H groups in total. The number of piperidine rings is 1. The Labute approximate surface area is 159 Å². The average molecular weight is 377 g/mol. The summed E-state index contributed by atoms with van der Waals surface area (Å²) in [5, 5.41) is 11.2. The normalized spacial score (nSPS) is 17.3. The van der Waals surface area contributed by atoms with E-state index >= 15 is 0 Å². The van der Waals surface area contributed by atoms with Crippen LogP contribution in [0.1, 0.15) is 44.0 Å². The van der Waals surface area contributed by atoms with Gasteiger partial charge in [0, 0.05) is 32.7 Å². The molecule has 2 rings (SSSR count). The van der Waals surface area contributed by atoms with E-state index in [0.29, 0.717) is 19.6 Å². The SMILES string of the molecule is CN(CC1CCCN(C(=O)c2ccccc2[N+](=O)[O-])C1)C(=O)OC(C)(C)C. The summed E-state index contributed by atoms with van der Waals surface area (Å²) in [6.07, 6.45) is 1.28. The van der Waals surface area contributed by atoms with Crippen molar-refractivity contribution in [3.8, 4) is 0 Å². The molecule has 0 saturated carbocycles. The fraction of sp³-hybridized carbons (Fsp3) is 0.579. The molecule has 8 heteroatoms. The number of hydrogen-bond donors (Lipinski definition) is 0. The van der Waals surface area contributed by atoms with Crippen molar-refractivity contribution in [3.05, 3.63) is 39.9 Å². The van der Waals surface area contributed by atoms with Gasteiger partial charge in [0.25, 0.3) is 11.6 Å². The zero-order chi connectivity index (χ0) is 20.2. The van der Waals surface area contributed by atoms with Gasteiger partial charge < -0.3 is 14.5 Å². The number of hydrogen-bond acceptors (Lipinski definition) is 5. The molecule has 1 aromatic rings. The Morgan fingerprint density at radius 1 is 1.33 bits per heavy atom. The Hall–Kier alpha value is -2.64. The van der Waals surface area contributed by atoms with Gasteiger partial charge in [-0.2, -0.15) is 0 Å². The first-order valence-electron chi connectivity index (χ1n) is 9.05. The second-order valence-corrected chi connectivity index (χ2v) is 7.89. The molecule has 1 atom stereocenters. The van der Waals surface area contributed by atoms with Crippen LogP contribution >= 0.6 is 0 Å². The van der Waals surface area contributed by atoms with Gasteiger partial charge in [-0.25, -0.2) is 4.79 Å². The Kier molecular flexibility index (Phi) is 6.41. The fourth-order valence-corrected chi connectivity index (χ4v) is 3.18. The van der Waals surface area contributed by atoms with Gasteiger partial charge in [0.1, 0.15) is 11.2 Å². The van der Waals surface area contributed by atoms with Gasteiger partial charge in [-0.05, 0) is 45.6 Å². The van der Waals surface area contributed by atoms with Gasteiger partial charge in [0.15, 0.2) is 0 Å². The van der Waals surface area contributed by atoms with Crippen LogP contribution in [0.25, 0.3) is 0 Å². The number of benzene rings is 1. The molecular weight excluding hydrogens is 350 g/mol. The van der Waals surface area contributed by atoms with Crippen LogP contribution in [-0.4, -0.2) is 59.0 Å². The van der Waals surface area contributed by atoms with Crippen LogP contribution in [0.4, 0.5) is 10.5 Å². The first-order chi connectivity index (χ1) is 12.6. The van der Waals surface area contributed by atoms with E-state index in [-0.39, 0.29) is 23.1 Å². The number of para-hydroxylation sites is 1. The summed E-state index contributed by atoms with van der Waals surface area (Å²) in [5.41, 5.74) is -0.647. The Morgan fingerprint density at radius 3 is 2.63 bits per heavy atom. The van der Waals surface area contributed by atoms with Crippen LogP contribution in [0.5, 0.6) is 0 Å². The molecule has 1 aliphatic rings. The van der Waals surface area contributed by atoms with Gasteiger partial charge >= 0.3 is 6.09 Å². The van der Waals surface area contributed by atoms with Crippen LogP contribution in [0.3, 0.4) is 0 Å². The number of ether oxygens (including phenoxy) is 1. The van der Waals surface area contributed by atoms with Crippen molar-refractivity contribution in [1.29, 1.82) is 0 Å². The second-order valence-electron chi connectivity index (χ2n) is 7.89. The zero-order valence-corrected chi connectivity index (χ0v) is 16.3. The van der Waals surface area contributed by atoms with Gasteiger partial charge in [0.05, 0.1) is 4.92 Å². The third-order valence-electron chi connectivity index (χ3n) is 4.37. The molecule has 0 aliphatic carbocycles. The minimum absolute atomic E-state index is 0.1000. The molecule has 148 valence electrons. The van der Waals surface area contributed by atoms with Crippen molar-refractivity contribution in [2.45, 2.75) is 39.2 Å². The molecule has 1 aromatic carbocycles. The molecule has 0 bridgehead atoms. The van der Waals surface area contributed by atoms with E-state index < -0.39 is 16.6 Å². The average Bonchev–Trinajstić information content (AvgIpc) is 2.59. The minimum atomic E-state index is -0.563. The lowest BCUT2D eigenvalue weighted by Crippen LogP contribution is -2.45. The number of likely N-dealkylation sites (tertiary alicyclic amines) is 1. The number of rotatable bonds is 4. The molecular formula is C19H27N3O5. The largest absolute Gasteiger partial charge is 0.444 e. The fourth-order valence-electron chi connectivity index (χ4n) is 3.18. The maximum atomic E-state index is 12.8. The number of nitro groups is 1. The first kappa shape index (κ1) is 20.7. The summed E-state index contributed by atoms with van der Waals surface area (Å²) in [7, 11) is 1.68. The molecule has 0 radical (unpaired) electrons. The number of amides is 2. The molecule has 1 aliphatic heterocycles. The standard InChI is InChI=1S/C19H27N3O5/c1-19(2,3)27-18(24)20(4)12-14-8-7-11-21(13-14)17(23)15-9-5-6-10-16(15)22(25)26/h5-6,9-10,14H,7-8,11-13H2,1-4H3. The van der Waals surface area contributed by atoms with Crippen molar-refractivity contribution in [2.75, 3.05) is 26.7 Å². The van der Waals surface area contributed by atoms with Crippen molar-refractivity contribution in [3.63, 3.8) is 0 Å². The van der Waals surface area contributed by atoms with E-state index in [1.807, 2.05) is 20.8 Å². The summed E-state index contributed by atoms with van der Waals surface area (Å²) in [4.78, 5) is 38.7. The molecule has 0 aromatic heterocycles. The quantitative estimate of drug-likeness (QED) is 0.593. The molecule has 8 nitrogen and oxygen atoms in total. The van der Waals surface area contributed by atoms with Crippen LogP contribution in [-0.2, 0) is 4.74 Å². The van der Waals surface area contributed by atoms with Gasteiger partial charge in [-0.15, -0.1) is 0 Å². The molecule has 1 saturated heterocycles. The van der Waals surface area contributed by atoms with E-state index in [0.717, 1.165) is 12.8 Å². The number of nitro benzene ring substituents is 1. The lowest BCUT2D eigenvalue weighted by molar-refractivity contribution is -0.385. The molecule has 1 unspecified atom stereocenters. The smallest absolute Gasteiger partial charge is 0.410 e. The predicted molar refractivity (Wildman–Crippen MR) is 101 cm³/mol. The summed E-state index contributed by atoms with van der Waals surface area (Å²) < 4.78 is 5.36. The van der Waals surface area contributed by atoms with Crippen molar-refractivity contribution in [1.82, 2.24) is 9.80 Å². The first-order valence-corrected chi connectivity index (χ1v) is 9.05. The van der Waals surface area contributed by atoms with E-state index in [1.165, 1.54) is 17.0 Å². The van der Waals surface area contributed by atoms with Crippen molar-refractivity contribution >= 4 is 17.7 Å². The minimum Gasteiger partial charge on any atom is -0.444 e. The number of nitrogens with zero attached hydrogens (tertiary/aromatic N) is 3. The van der Waals surface area contributed by atoms with Crippen LogP contribution < -0.4 is 0 Å². The summed E-state index contributed by atoms with van der Waals surface area (Å²) >= 11 is 0. The second kappa shape index (κ2) is 8.37. The summed E-state index contributed by atoms with van der Waals surface area (Å²) in [6.45, 7) is 6.91. The van der Waals surface area contributed by atoms with E-state index in [9.17, 15) is 19.7 Å². The van der Waals surface area contributed by atoms with Crippen LogP contribution in [0.15, 0.2) is 24.3 Å². The molecule has 0 spiro atoms. The Balaban J connectivity index is 2.03. The van der Waals surface area contributed by atoms with Gasteiger partial charge in [-0.1, -0.05) is 12.1 Å². The maximum Gasteiger partial charge on any atom is 0.410 e. The molecule has 1 heterocycles. The third kappa shape index (κ3) is 5.67. The highest BCUT2D eigenvalue weighted by Gasteiger charge is 2.30. The zero-order valence-electron chi connectivity index (χ0n) is 16.3. The highest BCUT2D eigenvalue weighted by atomic mass is 16.6. The lowest BCUT2D eigenvalue weighted by atomic mass is 9.96. The highest BCUT2D eigenvalue weighted by Crippen LogP contribution is 2.24. The third-order valence-corrected chi connectivity index (χ3v) is 4.37. The van der Waals surface area contributed by atoms with E-state index in [1.54, 1.807) is 24.1 Å². The van der Waals surface area contributed by atoms with Crippen LogP contribution in [0.2, 0.25) is 0 Å². The predicted octanol–water partition coefficient (Wildman–Crippen LogP) is 3.31. The number of carbonyl (C=O) groups excluding carboxylic acids is 2. The Morgan fingerprint density at radius 2 is 2.00 bits per heavy atom. The van der Waals surface area contributed by atoms with Gasteiger partial charge in [0.2, 0.25) is 0 Å². The highest BCUT2D eigenvalue weighted by molar-refractivity contribution is 5.98. The van der Waals surface area contributed by atoms with Crippen LogP contribution in [0, 0.1) is 16.0 Å². The van der Waals surface area contributed by atoms with E-state index in [2.05, 4.69) is 0 Å². The van der Waals surface area contributed by atoms with Crippen molar-refractivity contribution in [2.24, 2.45) is 5.92 Å². The number of carbonyl (C=O) groups is 2. The lowest BCUT2D eigenvalue weighted by Gasteiger charge is -2.35. The van der Waals surface area contributed by atoms with Gasteiger partial charge in [-0.3, -0.25) is 14.9 Å². The molecule has 1 fully saturated rings. The monoisotopic (exact) mass is 377 g/mol.